The number of rotatable bonds is 3. The van der Waals surface area contributed by atoms with Crippen LogP contribution < -0.4 is 5.32 Å². The Balaban J connectivity index is 2.69. The summed E-state index contributed by atoms with van der Waals surface area (Å²) in [5.41, 5.74) is -0.282. The maximum absolute atomic E-state index is 5.86. The Kier molecular flexibility index (Phi) is 3.60. The zero-order valence-corrected chi connectivity index (χ0v) is 10.2. The summed E-state index contributed by atoms with van der Waals surface area (Å²) in [6.45, 7) is 6.05. The zero-order valence-electron chi connectivity index (χ0n) is 8.60. The number of halogens is 1. The van der Waals surface area contributed by atoms with E-state index in [9.17, 15) is 0 Å². The summed E-state index contributed by atoms with van der Waals surface area (Å²) in [6, 6.07) is 4.17. The summed E-state index contributed by atoms with van der Waals surface area (Å²) >= 11 is 7.44. The van der Waals surface area contributed by atoms with E-state index in [1.165, 1.54) is 4.88 Å². The van der Waals surface area contributed by atoms with Crippen LogP contribution in [0.4, 0.5) is 0 Å². The second kappa shape index (κ2) is 4.35. The Morgan fingerprint density at radius 3 is 2.64 bits per heavy atom. The van der Waals surface area contributed by atoms with Gasteiger partial charge in [-0.2, -0.15) is 0 Å². The van der Waals surface area contributed by atoms with E-state index >= 15 is 0 Å². The molecule has 0 aliphatic rings. The molecule has 1 nitrogen and oxygen atoms in total. The van der Waals surface area contributed by atoms with Crippen molar-refractivity contribution >= 4 is 22.9 Å². The molecule has 0 fully saturated rings. The first-order chi connectivity index (χ1) is 6.44. The van der Waals surface area contributed by atoms with Gasteiger partial charge in [0.25, 0.3) is 0 Å². The van der Waals surface area contributed by atoms with Crippen LogP contribution in [0.3, 0.4) is 0 Å². The molecular formula is C11H14ClNS. The van der Waals surface area contributed by atoms with Gasteiger partial charge in [-0.25, -0.2) is 0 Å². The average Bonchev–Trinajstić information content (AvgIpc) is 2.51. The van der Waals surface area contributed by atoms with Gasteiger partial charge >= 0.3 is 0 Å². The van der Waals surface area contributed by atoms with E-state index in [0.717, 1.165) is 4.34 Å². The summed E-state index contributed by atoms with van der Waals surface area (Å²) in [6.07, 6.45) is 5.40. The molecule has 1 unspecified atom stereocenters. The van der Waals surface area contributed by atoms with Crippen molar-refractivity contribution in [2.75, 3.05) is 0 Å². The van der Waals surface area contributed by atoms with E-state index in [2.05, 4.69) is 18.2 Å². The first kappa shape index (κ1) is 11.6. The maximum atomic E-state index is 5.86. The van der Waals surface area contributed by atoms with Gasteiger partial charge in [0, 0.05) is 10.9 Å². The molecule has 0 saturated heterocycles. The van der Waals surface area contributed by atoms with Gasteiger partial charge in [0.15, 0.2) is 0 Å². The van der Waals surface area contributed by atoms with E-state index in [1.54, 1.807) is 11.3 Å². The van der Waals surface area contributed by atoms with Crippen molar-refractivity contribution in [3.63, 3.8) is 0 Å². The Labute approximate surface area is 94.5 Å². The quantitative estimate of drug-likeness (QED) is 0.780. The van der Waals surface area contributed by atoms with Crippen LogP contribution in [-0.2, 0) is 0 Å². The first-order valence-corrected chi connectivity index (χ1v) is 5.65. The molecule has 76 valence electrons. The Morgan fingerprint density at radius 1 is 1.57 bits per heavy atom. The number of terminal acetylenes is 1. The third-order valence-electron chi connectivity index (χ3n) is 1.96. The SMILES string of the molecule is C#CC(C)(C)NC(C)c1ccc(Cl)s1. The van der Waals surface area contributed by atoms with Gasteiger partial charge in [-0.1, -0.05) is 17.5 Å². The van der Waals surface area contributed by atoms with Crippen LogP contribution in [-0.4, -0.2) is 5.54 Å². The zero-order chi connectivity index (χ0) is 10.8. The molecule has 1 rings (SSSR count). The number of nitrogens with one attached hydrogen (secondary N) is 1. The van der Waals surface area contributed by atoms with Crippen molar-refractivity contribution in [1.82, 2.24) is 5.32 Å². The first-order valence-electron chi connectivity index (χ1n) is 4.45. The molecule has 1 N–H and O–H groups in total. The monoisotopic (exact) mass is 227 g/mol. The van der Waals surface area contributed by atoms with Crippen LogP contribution in [0, 0.1) is 12.3 Å². The van der Waals surface area contributed by atoms with Crippen LogP contribution in [0.1, 0.15) is 31.7 Å². The Morgan fingerprint density at radius 2 is 2.21 bits per heavy atom. The minimum atomic E-state index is -0.282. The van der Waals surface area contributed by atoms with E-state index in [1.807, 2.05) is 26.0 Å². The van der Waals surface area contributed by atoms with Crippen molar-refractivity contribution < 1.29 is 0 Å². The van der Waals surface area contributed by atoms with E-state index in [0.29, 0.717) is 0 Å². The summed E-state index contributed by atoms with van der Waals surface area (Å²) in [4.78, 5) is 1.21. The van der Waals surface area contributed by atoms with Gasteiger partial charge in [-0.15, -0.1) is 17.8 Å². The lowest BCUT2D eigenvalue weighted by Crippen LogP contribution is -2.39. The fourth-order valence-corrected chi connectivity index (χ4v) is 2.28. The summed E-state index contributed by atoms with van der Waals surface area (Å²) in [7, 11) is 0. The van der Waals surface area contributed by atoms with Crippen LogP contribution in [0.5, 0.6) is 0 Å². The molecule has 0 bridgehead atoms. The topological polar surface area (TPSA) is 12.0 Å². The molecular weight excluding hydrogens is 214 g/mol. The molecule has 1 atom stereocenters. The molecule has 0 aliphatic heterocycles. The van der Waals surface area contributed by atoms with Crippen molar-refractivity contribution in [3.05, 3.63) is 21.3 Å². The fraction of sp³-hybridized carbons (Fsp3) is 0.455. The van der Waals surface area contributed by atoms with Gasteiger partial charge in [0.1, 0.15) is 0 Å². The molecule has 1 heterocycles. The lowest BCUT2D eigenvalue weighted by Gasteiger charge is -2.24. The van der Waals surface area contributed by atoms with Crippen LogP contribution >= 0.6 is 22.9 Å². The van der Waals surface area contributed by atoms with Crippen LogP contribution in [0.2, 0.25) is 4.34 Å². The lowest BCUT2D eigenvalue weighted by molar-refractivity contribution is 0.435. The molecule has 0 amide bonds. The normalized spacial score (nSPS) is 13.6. The van der Waals surface area contributed by atoms with Crippen LogP contribution in [0.25, 0.3) is 0 Å². The third-order valence-corrected chi connectivity index (χ3v) is 3.37. The molecule has 0 aromatic carbocycles. The highest BCUT2D eigenvalue weighted by atomic mass is 35.5. The van der Waals surface area contributed by atoms with Crippen LogP contribution in [0.15, 0.2) is 12.1 Å². The van der Waals surface area contributed by atoms with Crippen molar-refractivity contribution in [2.45, 2.75) is 32.4 Å². The van der Waals surface area contributed by atoms with Crippen molar-refractivity contribution in [2.24, 2.45) is 0 Å². The lowest BCUT2D eigenvalue weighted by atomic mass is 10.1. The number of hydrogen-bond acceptors (Lipinski definition) is 2. The Bertz CT molecular complexity index is 348. The summed E-state index contributed by atoms with van der Waals surface area (Å²) in [5.74, 6) is 2.71. The highest BCUT2D eigenvalue weighted by molar-refractivity contribution is 7.16. The molecule has 0 aliphatic carbocycles. The van der Waals surface area contributed by atoms with Gasteiger partial charge < -0.3 is 0 Å². The molecule has 0 radical (unpaired) electrons. The molecule has 0 saturated carbocycles. The van der Waals surface area contributed by atoms with Gasteiger partial charge in [-0.05, 0) is 32.9 Å². The highest BCUT2D eigenvalue weighted by Gasteiger charge is 2.18. The molecule has 3 heteroatoms. The van der Waals surface area contributed by atoms with Gasteiger partial charge in [0.2, 0.25) is 0 Å². The second-order valence-electron chi connectivity index (χ2n) is 3.78. The Hall–Kier alpha value is -0.490. The van der Waals surface area contributed by atoms with E-state index in [-0.39, 0.29) is 11.6 Å². The highest BCUT2D eigenvalue weighted by Crippen LogP contribution is 2.27. The molecule has 1 aromatic heterocycles. The summed E-state index contributed by atoms with van der Waals surface area (Å²) < 4.78 is 0.812. The molecule has 1 aromatic rings. The van der Waals surface area contributed by atoms with E-state index in [4.69, 9.17) is 18.0 Å². The van der Waals surface area contributed by atoms with Gasteiger partial charge in [-0.3, -0.25) is 5.32 Å². The van der Waals surface area contributed by atoms with Crippen molar-refractivity contribution in [3.8, 4) is 12.3 Å². The largest absolute Gasteiger partial charge is 0.294 e. The van der Waals surface area contributed by atoms with Gasteiger partial charge in [0.05, 0.1) is 9.88 Å². The molecule has 0 spiro atoms. The third kappa shape index (κ3) is 3.02. The second-order valence-corrected chi connectivity index (χ2v) is 5.52. The minimum Gasteiger partial charge on any atom is -0.294 e. The maximum Gasteiger partial charge on any atom is 0.0931 e. The predicted molar refractivity (Wildman–Crippen MR) is 63.8 cm³/mol. The van der Waals surface area contributed by atoms with Crippen molar-refractivity contribution in [1.29, 1.82) is 0 Å². The predicted octanol–water partition coefficient (Wildman–Crippen LogP) is 3.46. The average molecular weight is 228 g/mol. The van der Waals surface area contributed by atoms with E-state index < -0.39 is 0 Å². The molecule has 14 heavy (non-hydrogen) atoms. The fourth-order valence-electron chi connectivity index (χ4n) is 1.22. The smallest absolute Gasteiger partial charge is 0.0931 e. The number of hydrogen-bond donors (Lipinski definition) is 1. The standard InChI is InChI=1S/C11H14ClNS/c1-5-11(3,4)13-8(2)9-6-7-10(12)14-9/h1,6-8,13H,2-4H3. The summed E-state index contributed by atoms with van der Waals surface area (Å²) in [5, 5.41) is 3.35. The number of thiophene rings is 1. The minimum absolute atomic E-state index is 0.235.